The van der Waals surface area contributed by atoms with Crippen LogP contribution in [-0.2, 0) is 11.3 Å². The Hall–Kier alpha value is -2.36. The van der Waals surface area contributed by atoms with Crippen molar-refractivity contribution >= 4 is 23.1 Å². The summed E-state index contributed by atoms with van der Waals surface area (Å²) >= 11 is 0. The zero-order valence-electron chi connectivity index (χ0n) is 18.1. The number of nitrogens with zero attached hydrogens (tertiary/aromatic N) is 2. The van der Waals surface area contributed by atoms with Crippen LogP contribution in [0.25, 0.3) is 0 Å². The zero-order valence-corrected chi connectivity index (χ0v) is 18.1. The van der Waals surface area contributed by atoms with Crippen molar-refractivity contribution in [2.45, 2.75) is 77.7 Å². The second kappa shape index (κ2) is 7.72. The smallest absolute Gasteiger partial charge is 0.233 e. The number of fused-ring (bicyclic) bond motifs is 5. The number of carbonyl (C=O) groups excluding carboxylic acids is 1. The number of hydrogen-bond acceptors (Lipinski definition) is 3. The molecule has 3 aliphatic carbocycles. The average molecular weight is 404 g/mol. The van der Waals surface area contributed by atoms with Crippen molar-refractivity contribution in [3.05, 3.63) is 48.2 Å². The van der Waals surface area contributed by atoms with Crippen molar-refractivity contribution in [3.63, 3.8) is 0 Å². The van der Waals surface area contributed by atoms with Gasteiger partial charge in [0.2, 0.25) is 5.91 Å². The summed E-state index contributed by atoms with van der Waals surface area (Å²) in [6.45, 7) is 2.88. The molecule has 4 nitrogen and oxygen atoms in total. The first-order valence-electron chi connectivity index (χ1n) is 11.8. The van der Waals surface area contributed by atoms with E-state index in [0.717, 1.165) is 42.0 Å². The molecular formula is C26H33N3O. The van der Waals surface area contributed by atoms with Gasteiger partial charge in [0, 0.05) is 17.2 Å². The number of pyridine rings is 1. The predicted molar refractivity (Wildman–Crippen MR) is 122 cm³/mol. The molecule has 158 valence electrons. The fourth-order valence-electron chi connectivity index (χ4n) is 6.05. The number of carbonyl (C=O) groups is 1. The molecule has 1 aromatic heterocycles. The molecule has 0 spiro atoms. The highest BCUT2D eigenvalue weighted by atomic mass is 16.2. The molecule has 1 aliphatic heterocycles. The van der Waals surface area contributed by atoms with E-state index in [1.807, 2.05) is 29.3 Å². The van der Waals surface area contributed by atoms with Gasteiger partial charge in [-0.15, -0.1) is 0 Å². The number of unbranched alkanes of at least 4 members (excludes halogenated alkanes) is 2. The van der Waals surface area contributed by atoms with Crippen LogP contribution in [-0.4, -0.2) is 10.9 Å². The summed E-state index contributed by atoms with van der Waals surface area (Å²) in [6, 6.07) is 12.2. The molecule has 2 aromatic rings. The molecule has 0 atom stereocenters. The summed E-state index contributed by atoms with van der Waals surface area (Å²) in [5, 5.41) is 3.46. The third-order valence-corrected chi connectivity index (χ3v) is 8.08. The largest absolute Gasteiger partial charge is 0.338 e. The van der Waals surface area contributed by atoms with E-state index in [1.165, 1.54) is 44.9 Å². The number of amides is 1. The van der Waals surface area contributed by atoms with Crippen LogP contribution in [0.4, 0.5) is 17.2 Å². The van der Waals surface area contributed by atoms with Crippen LogP contribution in [0, 0.1) is 10.8 Å². The van der Waals surface area contributed by atoms with Gasteiger partial charge in [0.25, 0.3) is 0 Å². The summed E-state index contributed by atoms with van der Waals surface area (Å²) in [6.07, 6.45) is 14.0. The molecule has 0 radical (unpaired) electrons. The van der Waals surface area contributed by atoms with Crippen molar-refractivity contribution in [1.29, 1.82) is 0 Å². The summed E-state index contributed by atoms with van der Waals surface area (Å²) in [4.78, 5) is 20.7. The normalized spacial score (nSPS) is 27.0. The lowest BCUT2D eigenvalue weighted by Crippen LogP contribution is -2.51. The second-order valence-corrected chi connectivity index (χ2v) is 9.78. The minimum absolute atomic E-state index is 0.174. The number of aromatic nitrogens is 1. The van der Waals surface area contributed by atoms with Gasteiger partial charge in [0.1, 0.15) is 5.82 Å². The monoisotopic (exact) mass is 403 g/mol. The summed E-state index contributed by atoms with van der Waals surface area (Å²) in [5.74, 6) is 1.19. The molecule has 3 saturated carbocycles. The Morgan fingerprint density at radius 3 is 2.57 bits per heavy atom. The summed E-state index contributed by atoms with van der Waals surface area (Å²) < 4.78 is 0. The van der Waals surface area contributed by atoms with Crippen molar-refractivity contribution in [2.75, 3.05) is 10.2 Å². The highest BCUT2D eigenvalue weighted by Crippen LogP contribution is 2.59. The maximum absolute atomic E-state index is 14.1. The second-order valence-electron chi connectivity index (χ2n) is 9.78. The van der Waals surface area contributed by atoms with Crippen molar-refractivity contribution in [2.24, 2.45) is 10.8 Å². The predicted octanol–water partition coefficient (Wildman–Crippen LogP) is 6.59. The van der Waals surface area contributed by atoms with Crippen LogP contribution in [0.1, 0.15) is 76.7 Å². The van der Waals surface area contributed by atoms with Crippen LogP contribution in [0.15, 0.2) is 42.6 Å². The Bertz CT molecular complexity index is 913. The molecule has 1 amide bonds. The number of benzene rings is 1. The molecule has 3 fully saturated rings. The maximum atomic E-state index is 14.1. The molecule has 4 aliphatic rings. The first-order chi connectivity index (χ1) is 14.6. The molecule has 1 aromatic carbocycles. The van der Waals surface area contributed by atoms with Gasteiger partial charge in [-0.25, -0.2) is 4.98 Å². The molecule has 1 N–H and O–H groups in total. The van der Waals surface area contributed by atoms with Crippen LogP contribution < -0.4 is 10.2 Å². The van der Waals surface area contributed by atoms with Crippen molar-refractivity contribution < 1.29 is 4.79 Å². The fourth-order valence-corrected chi connectivity index (χ4v) is 6.05. The van der Waals surface area contributed by atoms with E-state index in [4.69, 9.17) is 0 Å². The van der Waals surface area contributed by atoms with Crippen LogP contribution >= 0.6 is 0 Å². The molecule has 6 rings (SSSR count). The third kappa shape index (κ3) is 3.30. The van der Waals surface area contributed by atoms with Gasteiger partial charge in [-0.1, -0.05) is 44.4 Å². The SMILES string of the molecule is CCCCC[C@]12CC[C@](C(=O)N3Cc4cccnc4Nc4ccccc43)(CC1)CC2. The number of anilines is 3. The average Bonchev–Trinajstić information content (AvgIpc) is 2.97. The number of hydrogen-bond donors (Lipinski definition) is 1. The highest BCUT2D eigenvalue weighted by molar-refractivity contribution is 6.01. The Morgan fingerprint density at radius 1 is 1.03 bits per heavy atom. The fraction of sp³-hybridized carbons (Fsp3) is 0.538. The van der Waals surface area contributed by atoms with Crippen LogP contribution in [0.3, 0.4) is 0 Å². The molecular weight excluding hydrogens is 370 g/mol. The van der Waals surface area contributed by atoms with Gasteiger partial charge >= 0.3 is 0 Å². The lowest BCUT2D eigenvalue weighted by molar-refractivity contribution is -0.138. The first kappa shape index (κ1) is 19.6. The van der Waals surface area contributed by atoms with E-state index in [9.17, 15) is 4.79 Å². The van der Waals surface area contributed by atoms with E-state index in [-0.39, 0.29) is 5.41 Å². The van der Waals surface area contributed by atoms with E-state index in [0.29, 0.717) is 17.9 Å². The number of rotatable bonds is 5. The Morgan fingerprint density at radius 2 is 1.80 bits per heavy atom. The Labute approximate surface area is 180 Å². The van der Waals surface area contributed by atoms with Crippen molar-refractivity contribution in [3.8, 4) is 0 Å². The number of nitrogens with one attached hydrogen (secondary N) is 1. The van der Waals surface area contributed by atoms with Gasteiger partial charge in [-0.3, -0.25) is 4.79 Å². The van der Waals surface area contributed by atoms with Gasteiger partial charge in [-0.2, -0.15) is 0 Å². The molecule has 30 heavy (non-hydrogen) atoms. The van der Waals surface area contributed by atoms with Crippen molar-refractivity contribution in [1.82, 2.24) is 4.98 Å². The lowest BCUT2D eigenvalue weighted by atomic mass is 9.52. The molecule has 2 heterocycles. The standard InChI is InChI=1S/C26H33N3O/c1-2-3-6-11-25-12-15-26(16-13-25,17-14-25)24(30)29-19-20-8-7-18-27-23(20)28-21-9-4-5-10-22(21)29/h4-5,7-10,18H,2-3,6,11-17,19H2,1H3,(H,27,28)/t25-,26-. The van der Waals surface area contributed by atoms with Gasteiger partial charge in [0.15, 0.2) is 0 Å². The van der Waals surface area contributed by atoms with Gasteiger partial charge in [0.05, 0.1) is 17.9 Å². The van der Waals surface area contributed by atoms with E-state index >= 15 is 0 Å². The van der Waals surface area contributed by atoms with E-state index < -0.39 is 0 Å². The number of para-hydroxylation sites is 2. The Balaban J connectivity index is 1.41. The maximum Gasteiger partial charge on any atom is 0.233 e. The Kier molecular flexibility index (Phi) is 5.04. The van der Waals surface area contributed by atoms with Crippen LogP contribution in [0.2, 0.25) is 0 Å². The van der Waals surface area contributed by atoms with Crippen LogP contribution in [0.5, 0.6) is 0 Å². The molecule has 4 heteroatoms. The minimum Gasteiger partial charge on any atom is -0.338 e. The molecule has 2 bridgehead atoms. The summed E-state index contributed by atoms with van der Waals surface area (Å²) in [5.41, 5.74) is 3.39. The highest BCUT2D eigenvalue weighted by Gasteiger charge is 2.53. The third-order valence-electron chi connectivity index (χ3n) is 8.08. The topological polar surface area (TPSA) is 45.2 Å². The molecule has 0 unspecified atom stereocenters. The van der Waals surface area contributed by atoms with Gasteiger partial charge < -0.3 is 10.2 Å². The zero-order chi connectivity index (χ0) is 20.6. The minimum atomic E-state index is -0.174. The summed E-state index contributed by atoms with van der Waals surface area (Å²) in [7, 11) is 0. The lowest BCUT2D eigenvalue weighted by Gasteiger charge is -2.53. The molecule has 0 saturated heterocycles. The van der Waals surface area contributed by atoms with E-state index in [1.54, 1.807) is 0 Å². The first-order valence-corrected chi connectivity index (χ1v) is 11.8. The van der Waals surface area contributed by atoms with Gasteiger partial charge in [-0.05, 0) is 68.6 Å². The quantitative estimate of drug-likeness (QED) is 0.573. The van der Waals surface area contributed by atoms with E-state index in [2.05, 4.69) is 35.4 Å².